The number of nitro groups is 1. The van der Waals surface area contributed by atoms with E-state index in [1.54, 1.807) is 13.0 Å². The third-order valence-corrected chi connectivity index (χ3v) is 3.53. The number of benzene rings is 1. The summed E-state index contributed by atoms with van der Waals surface area (Å²) in [6, 6.07) is 4.97. The van der Waals surface area contributed by atoms with Crippen LogP contribution in [0.4, 0.5) is 5.69 Å². The van der Waals surface area contributed by atoms with Crippen LogP contribution in [-0.4, -0.2) is 33.6 Å². The summed E-state index contributed by atoms with van der Waals surface area (Å²) in [4.78, 5) is 10.3. The smallest absolute Gasteiger partial charge is 0.272 e. The Morgan fingerprint density at radius 2 is 2.24 bits per heavy atom. The molecule has 0 amide bonds. The Balaban J connectivity index is 2.66. The summed E-state index contributed by atoms with van der Waals surface area (Å²) in [5, 5.41) is 28.5. The first-order valence-corrected chi connectivity index (χ1v) is 6.31. The maximum Gasteiger partial charge on any atom is 0.272 e. The third-order valence-electron chi connectivity index (χ3n) is 2.39. The summed E-state index contributed by atoms with van der Waals surface area (Å²) in [6.45, 7) is 1.46. The molecule has 0 heterocycles. The van der Waals surface area contributed by atoms with E-state index in [-0.39, 0.29) is 12.3 Å². The average molecular weight is 257 g/mol. The minimum absolute atomic E-state index is 0.116. The van der Waals surface area contributed by atoms with Crippen molar-refractivity contribution in [3.05, 3.63) is 39.4 Å². The van der Waals surface area contributed by atoms with Crippen molar-refractivity contribution in [2.75, 3.05) is 12.4 Å². The van der Waals surface area contributed by atoms with Gasteiger partial charge in [-0.3, -0.25) is 10.1 Å². The summed E-state index contributed by atoms with van der Waals surface area (Å²) in [6.07, 6.45) is -0.737. The highest BCUT2D eigenvalue weighted by atomic mass is 32.2. The number of hydrogen-bond donors (Lipinski definition) is 2. The van der Waals surface area contributed by atoms with Gasteiger partial charge in [-0.15, -0.1) is 0 Å². The number of aliphatic hydroxyl groups is 2. The zero-order valence-electron chi connectivity index (χ0n) is 9.50. The Kier molecular flexibility index (Phi) is 5.40. The molecule has 0 unspecified atom stereocenters. The Labute approximate surface area is 104 Å². The van der Waals surface area contributed by atoms with Gasteiger partial charge in [0.05, 0.1) is 17.6 Å². The summed E-state index contributed by atoms with van der Waals surface area (Å²) < 4.78 is 0. The second kappa shape index (κ2) is 6.58. The average Bonchev–Trinajstić information content (AvgIpc) is 2.30. The van der Waals surface area contributed by atoms with Crippen LogP contribution in [0.1, 0.15) is 11.1 Å². The molecule has 0 aliphatic rings. The molecule has 0 saturated carbocycles. The fourth-order valence-corrected chi connectivity index (χ4v) is 2.41. The monoisotopic (exact) mass is 257 g/mol. The van der Waals surface area contributed by atoms with E-state index in [4.69, 9.17) is 10.2 Å². The molecule has 1 aromatic rings. The van der Waals surface area contributed by atoms with Gasteiger partial charge in [0.2, 0.25) is 0 Å². The maximum absolute atomic E-state index is 10.7. The van der Waals surface area contributed by atoms with Crippen molar-refractivity contribution in [3.8, 4) is 0 Å². The molecule has 2 N–H and O–H groups in total. The van der Waals surface area contributed by atoms with Crippen LogP contribution in [0.15, 0.2) is 18.2 Å². The van der Waals surface area contributed by atoms with Gasteiger partial charge in [-0.1, -0.05) is 12.1 Å². The van der Waals surface area contributed by atoms with Crippen molar-refractivity contribution in [1.29, 1.82) is 0 Å². The lowest BCUT2D eigenvalue weighted by molar-refractivity contribution is -0.385. The Hall–Kier alpha value is -1.11. The molecule has 0 aliphatic carbocycles. The van der Waals surface area contributed by atoms with Gasteiger partial charge in [0.1, 0.15) is 0 Å². The predicted octanol–water partition coefficient (Wildman–Crippen LogP) is 1.49. The minimum Gasteiger partial charge on any atom is -0.394 e. The molecule has 1 rings (SSSR count). The molecular formula is C11H15NO4S. The molecule has 17 heavy (non-hydrogen) atoms. The Morgan fingerprint density at radius 3 is 2.82 bits per heavy atom. The van der Waals surface area contributed by atoms with E-state index in [1.807, 2.05) is 6.07 Å². The summed E-state index contributed by atoms with van der Waals surface area (Å²) >= 11 is 1.44. The highest BCUT2D eigenvalue weighted by Gasteiger charge is 2.13. The number of rotatable bonds is 6. The molecule has 0 radical (unpaired) electrons. The van der Waals surface area contributed by atoms with Gasteiger partial charge in [-0.25, -0.2) is 0 Å². The van der Waals surface area contributed by atoms with E-state index in [9.17, 15) is 10.1 Å². The quantitative estimate of drug-likeness (QED) is 0.596. The molecule has 6 heteroatoms. The van der Waals surface area contributed by atoms with Gasteiger partial charge in [-0.05, 0) is 12.5 Å². The summed E-state index contributed by atoms with van der Waals surface area (Å²) in [5.41, 5.74) is 1.66. The zero-order chi connectivity index (χ0) is 12.8. The van der Waals surface area contributed by atoms with E-state index < -0.39 is 11.0 Å². The van der Waals surface area contributed by atoms with Gasteiger partial charge < -0.3 is 10.2 Å². The van der Waals surface area contributed by atoms with Crippen molar-refractivity contribution < 1.29 is 15.1 Å². The molecule has 1 aromatic carbocycles. The fraction of sp³-hybridized carbons (Fsp3) is 0.455. The second-order valence-corrected chi connectivity index (χ2v) is 4.70. The molecule has 0 bridgehead atoms. The third kappa shape index (κ3) is 3.99. The first-order chi connectivity index (χ1) is 8.06. The molecule has 0 fully saturated rings. The molecule has 0 saturated heterocycles. The Morgan fingerprint density at radius 1 is 1.53 bits per heavy atom. The zero-order valence-corrected chi connectivity index (χ0v) is 10.3. The number of nitrogens with zero attached hydrogens (tertiary/aromatic N) is 1. The van der Waals surface area contributed by atoms with E-state index >= 15 is 0 Å². The van der Waals surface area contributed by atoms with Crippen molar-refractivity contribution >= 4 is 17.4 Å². The predicted molar refractivity (Wildman–Crippen MR) is 67.1 cm³/mol. The van der Waals surface area contributed by atoms with E-state index in [1.165, 1.54) is 17.8 Å². The molecule has 0 aliphatic heterocycles. The molecular weight excluding hydrogens is 242 g/mol. The van der Waals surface area contributed by atoms with Crippen LogP contribution in [-0.2, 0) is 5.75 Å². The molecule has 5 nitrogen and oxygen atoms in total. The highest BCUT2D eigenvalue weighted by Crippen LogP contribution is 2.24. The number of thioether (sulfide) groups is 1. The van der Waals surface area contributed by atoms with E-state index in [2.05, 4.69) is 0 Å². The van der Waals surface area contributed by atoms with Crippen LogP contribution in [0.25, 0.3) is 0 Å². The van der Waals surface area contributed by atoms with Crippen LogP contribution >= 0.6 is 11.8 Å². The van der Waals surface area contributed by atoms with Crippen LogP contribution in [0.3, 0.4) is 0 Å². The van der Waals surface area contributed by atoms with E-state index in [0.29, 0.717) is 17.1 Å². The van der Waals surface area contributed by atoms with Gasteiger partial charge in [0, 0.05) is 23.1 Å². The van der Waals surface area contributed by atoms with Crippen molar-refractivity contribution in [1.82, 2.24) is 0 Å². The normalized spacial score (nSPS) is 12.4. The van der Waals surface area contributed by atoms with Gasteiger partial charge in [-0.2, -0.15) is 11.8 Å². The lowest BCUT2D eigenvalue weighted by atomic mass is 10.1. The van der Waals surface area contributed by atoms with E-state index in [0.717, 1.165) is 5.56 Å². The second-order valence-electron chi connectivity index (χ2n) is 3.67. The maximum atomic E-state index is 10.7. The topological polar surface area (TPSA) is 83.6 Å². The number of nitro benzene ring substituents is 1. The fourth-order valence-electron chi connectivity index (χ4n) is 1.38. The molecule has 94 valence electrons. The summed E-state index contributed by atoms with van der Waals surface area (Å²) in [5.74, 6) is 1.00. The van der Waals surface area contributed by atoms with Crippen LogP contribution < -0.4 is 0 Å². The number of hydrogen-bond acceptors (Lipinski definition) is 5. The molecule has 1 atom stereocenters. The van der Waals surface area contributed by atoms with Crippen LogP contribution in [0.2, 0.25) is 0 Å². The van der Waals surface area contributed by atoms with Crippen molar-refractivity contribution in [3.63, 3.8) is 0 Å². The largest absolute Gasteiger partial charge is 0.394 e. The van der Waals surface area contributed by atoms with Crippen LogP contribution in [0.5, 0.6) is 0 Å². The summed E-state index contributed by atoms with van der Waals surface area (Å²) in [7, 11) is 0. The number of aliphatic hydroxyl groups excluding tert-OH is 2. The van der Waals surface area contributed by atoms with Crippen molar-refractivity contribution in [2.24, 2.45) is 0 Å². The first-order valence-electron chi connectivity index (χ1n) is 5.15. The Bertz CT molecular complexity index is 397. The molecule has 0 aromatic heterocycles. The minimum atomic E-state index is -0.737. The van der Waals surface area contributed by atoms with Gasteiger partial charge in [0.25, 0.3) is 5.69 Å². The highest BCUT2D eigenvalue weighted by molar-refractivity contribution is 7.98. The lowest BCUT2D eigenvalue weighted by Gasteiger charge is -2.08. The van der Waals surface area contributed by atoms with Gasteiger partial charge >= 0.3 is 0 Å². The SMILES string of the molecule is Cc1c(CSC[C@H](O)CO)cccc1[N+](=O)[O-]. The lowest BCUT2D eigenvalue weighted by Crippen LogP contribution is -2.14. The van der Waals surface area contributed by atoms with Crippen LogP contribution in [0, 0.1) is 17.0 Å². The van der Waals surface area contributed by atoms with Crippen molar-refractivity contribution in [2.45, 2.75) is 18.8 Å². The first kappa shape index (κ1) is 14.0. The standard InChI is InChI=1S/C11H15NO4S/c1-8-9(6-17-7-10(14)5-13)3-2-4-11(8)12(15)16/h2-4,10,13-14H,5-7H2,1H3/t10-/m1/s1. The van der Waals surface area contributed by atoms with Gasteiger partial charge in [0.15, 0.2) is 0 Å². The molecule has 0 spiro atoms.